The van der Waals surface area contributed by atoms with E-state index in [1.165, 1.54) is 0 Å². The third-order valence-electron chi connectivity index (χ3n) is 3.58. The number of anilines is 1. The largest absolute Gasteiger partial charge is 0.384 e. The number of halogens is 2. The minimum absolute atomic E-state index is 0.207. The van der Waals surface area contributed by atoms with Crippen LogP contribution in [0.1, 0.15) is 16.1 Å². The van der Waals surface area contributed by atoms with Gasteiger partial charge in [0.15, 0.2) is 0 Å². The zero-order valence-corrected chi connectivity index (χ0v) is 15.9. The van der Waals surface area contributed by atoms with Crippen LogP contribution in [0.3, 0.4) is 0 Å². The van der Waals surface area contributed by atoms with Gasteiger partial charge in [-0.2, -0.15) is 0 Å². The molecule has 0 fully saturated rings. The number of likely N-dealkylation sites (N-methyl/N-ethyl adjacent to an activating group) is 1. The standard InChI is InChI=1S/C18H22Cl2N4O/c1-24(2)10-9-21-15-6-8-22-17(12-15)18(25)23-7-5-13-3-4-14(19)11-16(13)20/h3-4,6,8,11-12H,5,7,9-10H2,1-2H3,(H,21,22)(H,23,25). The van der Waals surface area contributed by atoms with Gasteiger partial charge in [0.25, 0.3) is 5.91 Å². The van der Waals surface area contributed by atoms with Gasteiger partial charge in [-0.3, -0.25) is 9.78 Å². The minimum Gasteiger partial charge on any atom is -0.384 e. The number of benzene rings is 1. The van der Waals surface area contributed by atoms with Crippen molar-refractivity contribution in [2.24, 2.45) is 0 Å². The summed E-state index contributed by atoms with van der Waals surface area (Å²) in [4.78, 5) is 18.5. The van der Waals surface area contributed by atoms with Crippen LogP contribution < -0.4 is 10.6 Å². The molecule has 0 aliphatic rings. The van der Waals surface area contributed by atoms with Gasteiger partial charge in [-0.05, 0) is 50.3 Å². The lowest BCUT2D eigenvalue weighted by molar-refractivity contribution is 0.0949. The SMILES string of the molecule is CN(C)CCNc1ccnc(C(=O)NCCc2ccc(Cl)cc2Cl)c1. The first kappa shape index (κ1) is 19.5. The zero-order chi connectivity index (χ0) is 18.2. The minimum atomic E-state index is -0.207. The van der Waals surface area contributed by atoms with Gasteiger partial charge in [0.05, 0.1) is 0 Å². The fraction of sp³-hybridized carbons (Fsp3) is 0.333. The Morgan fingerprint density at radius 2 is 1.96 bits per heavy atom. The van der Waals surface area contributed by atoms with Crippen LogP contribution in [-0.2, 0) is 6.42 Å². The molecular weight excluding hydrogens is 359 g/mol. The number of nitrogens with one attached hydrogen (secondary N) is 2. The molecule has 5 nitrogen and oxygen atoms in total. The summed E-state index contributed by atoms with van der Waals surface area (Å²) in [6, 6.07) is 8.95. The monoisotopic (exact) mass is 380 g/mol. The Labute approximate surface area is 158 Å². The maximum absolute atomic E-state index is 12.2. The van der Waals surface area contributed by atoms with Crippen LogP contribution >= 0.6 is 23.2 Å². The van der Waals surface area contributed by atoms with Crippen LogP contribution in [0.2, 0.25) is 10.0 Å². The maximum Gasteiger partial charge on any atom is 0.269 e. The fourth-order valence-electron chi connectivity index (χ4n) is 2.21. The first-order valence-corrected chi connectivity index (χ1v) is 8.78. The lowest BCUT2D eigenvalue weighted by Crippen LogP contribution is -2.26. The molecule has 1 aromatic heterocycles. The number of amides is 1. The number of carbonyl (C=O) groups is 1. The summed E-state index contributed by atoms with van der Waals surface area (Å²) in [5.74, 6) is -0.207. The van der Waals surface area contributed by atoms with E-state index < -0.39 is 0 Å². The van der Waals surface area contributed by atoms with Crippen LogP contribution in [0.5, 0.6) is 0 Å². The molecule has 2 aromatic rings. The highest BCUT2D eigenvalue weighted by atomic mass is 35.5. The number of rotatable bonds is 8. The van der Waals surface area contributed by atoms with E-state index in [-0.39, 0.29) is 5.91 Å². The molecule has 134 valence electrons. The Morgan fingerprint density at radius 1 is 1.16 bits per heavy atom. The van der Waals surface area contributed by atoms with Crippen LogP contribution in [-0.4, -0.2) is 49.5 Å². The molecule has 0 spiro atoms. The van der Waals surface area contributed by atoms with Crippen molar-refractivity contribution in [3.05, 3.63) is 57.8 Å². The smallest absolute Gasteiger partial charge is 0.269 e. The molecule has 1 aromatic carbocycles. The number of pyridine rings is 1. The molecule has 7 heteroatoms. The second-order valence-corrected chi connectivity index (χ2v) is 6.75. The van der Waals surface area contributed by atoms with Crippen molar-refractivity contribution in [2.45, 2.75) is 6.42 Å². The highest BCUT2D eigenvalue weighted by molar-refractivity contribution is 6.35. The van der Waals surface area contributed by atoms with Crippen molar-refractivity contribution < 1.29 is 4.79 Å². The molecule has 0 aliphatic carbocycles. The van der Waals surface area contributed by atoms with E-state index in [0.29, 0.717) is 28.7 Å². The molecule has 2 rings (SSSR count). The van der Waals surface area contributed by atoms with Crippen LogP contribution in [0.4, 0.5) is 5.69 Å². The van der Waals surface area contributed by atoms with Gasteiger partial charge in [-0.25, -0.2) is 0 Å². The summed E-state index contributed by atoms with van der Waals surface area (Å²) in [6.45, 7) is 2.18. The second-order valence-electron chi connectivity index (χ2n) is 5.90. The summed E-state index contributed by atoms with van der Waals surface area (Å²) in [5, 5.41) is 7.34. The van der Waals surface area contributed by atoms with Gasteiger partial charge in [0.1, 0.15) is 5.69 Å². The molecule has 0 aliphatic heterocycles. The van der Waals surface area contributed by atoms with E-state index >= 15 is 0 Å². The van der Waals surface area contributed by atoms with Crippen LogP contribution in [0, 0.1) is 0 Å². The third-order valence-corrected chi connectivity index (χ3v) is 4.16. The molecule has 0 radical (unpaired) electrons. The molecular formula is C18H22Cl2N4O. The summed E-state index contributed by atoms with van der Waals surface area (Å²) in [5.41, 5.74) is 2.21. The molecule has 0 saturated carbocycles. The Bertz CT molecular complexity index is 722. The number of hydrogen-bond acceptors (Lipinski definition) is 4. The first-order chi connectivity index (χ1) is 12.0. The lowest BCUT2D eigenvalue weighted by Gasteiger charge is -2.12. The van der Waals surface area contributed by atoms with Gasteiger partial charge in [-0.15, -0.1) is 0 Å². The average molecular weight is 381 g/mol. The van der Waals surface area contributed by atoms with Gasteiger partial charge >= 0.3 is 0 Å². The Hall–Kier alpha value is -1.82. The van der Waals surface area contributed by atoms with E-state index in [1.807, 2.05) is 26.2 Å². The topological polar surface area (TPSA) is 57.3 Å². The van der Waals surface area contributed by atoms with E-state index in [0.717, 1.165) is 24.3 Å². The van der Waals surface area contributed by atoms with Gasteiger partial charge in [-0.1, -0.05) is 29.3 Å². The molecule has 25 heavy (non-hydrogen) atoms. The van der Waals surface area contributed by atoms with Crippen molar-refractivity contribution in [3.8, 4) is 0 Å². The molecule has 1 heterocycles. The van der Waals surface area contributed by atoms with Gasteiger partial charge < -0.3 is 15.5 Å². The predicted molar refractivity (Wildman–Crippen MR) is 104 cm³/mol. The predicted octanol–water partition coefficient (Wildman–Crippen LogP) is 3.33. The molecule has 0 bridgehead atoms. The molecule has 0 saturated heterocycles. The lowest BCUT2D eigenvalue weighted by atomic mass is 10.1. The Balaban J connectivity index is 1.86. The first-order valence-electron chi connectivity index (χ1n) is 8.02. The third kappa shape index (κ3) is 6.53. The Kier molecular flexibility index (Phi) is 7.50. The maximum atomic E-state index is 12.2. The fourth-order valence-corrected chi connectivity index (χ4v) is 2.72. The summed E-state index contributed by atoms with van der Waals surface area (Å²) in [7, 11) is 4.03. The van der Waals surface area contributed by atoms with E-state index in [9.17, 15) is 4.79 Å². The molecule has 0 unspecified atom stereocenters. The highest BCUT2D eigenvalue weighted by Gasteiger charge is 2.08. The van der Waals surface area contributed by atoms with Crippen molar-refractivity contribution in [1.29, 1.82) is 0 Å². The summed E-state index contributed by atoms with van der Waals surface area (Å²) in [6.07, 6.45) is 2.26. The molecule has 2 N–H and O–H groups in total. The number of hydrogen-bond donors (Lipinski definition) is 2. The summed E-state index contributed by atoms with van der Waals surface area (Å²) < 4.78 is 0. The zero-order valence-electron chi connectivity index (χ0n) is 14.4. The van der Waals surface area contributed by atoms with Crippen molar-refractivity contribution in [2.75, 3.05) is 39.0 Å². The molecule has 0 atom stereocenters. The van der Waals surface area contributed by atoms with E-state index in [4.69, 9.17) is 23.2 Å². The van der Waals surface area contributed by atoms with Crippen molar-refractivity contribution in [3.63, 3.8) is 0 Å². The molecule has 1 amide bonds. The van der Waals surface area contributed by atoms with Gasteiger partial charge in [0.2, 0.25) is 0 Å². The number of nitrogens with zero attached hydrogens (tertiary/aromatic N) is 2. The Morgan fingerprint density at radius 3 is 2.68 bits per heavy atom. The normalized spacial score (nSPS) is 10.8. The number of carbonyl (C=O) groups excluding carboxylic acids is 1. The highest BCUT2D eigenvalue weighted by Crippen LogP contribution is 2.21. The van der Waals surface area contributed by atoms with E-state index in [2.05, 4.69) is 20.5 Å². The van der Waals surface area contributed by atoms with E-state index in [1.54, 1.807) is 24.4 Å². The van der Waals surface area contributed by atoms with Crippen LogP contribution in [0.15, 0.2) is 36.5 Å². The van der Waals surface area contributed by atoms with Crippen molar-refractivity contribution in [1.82, 2.24) is 15.2 Å². The average Bonchev–Trinajstić information content (AvgIpc) is 2.56. The van der Waals surface area contributed by atoms with Gasteiger partial charge in [0, 0.05) is 41.6 Å². The summed E-state index contributed by atoms with van der Waals surface area (Å²) >= 11 is 12.0. The number of aromatic nitrogens is 1. The quantitative estimate of drug-likeness (QED) is 0.737. The van der Waals surface area contributed by atoms with Crippen molar-refractivity contribution >= 4 is 34.8 Å². The second kappa shape index (κ2) is 9.61. The van der Waals surface area contributed by atoms with Crippen LogP contribution in [0.25, 0.3) is 0 Å².